The molecule has 5 heteroatoms. The maximum atomic E-state index is 5.99. The fourth-order valence-corrected chi connectivity index (χ4v) is 3.18. The molecule has 0 aliphatic carbocycles. The molecule has 3 aromatic rings. The van der Waals surface area contributed by atoms with Crippen molar-refractivity contribution in [2.45, 2.75) is 23.5 Å². The minimum Gasteiger partial charge on any atom is -0.333 e. The SMILES string of the molecule is Cc1ccc2nc(Sc3ccc(Cl)cc3CN)[nH]c2c1. The van der Waals surface area contributed by atoms with Gasteiger partial charge in [0.25, 0.3) is 0 Å². The maximum Gasteiger partial charge on any atom is 0.171 e. The quantitative estimate of drug-likeness (QED) is 0.765. The third-order valence-electron chi connectivity index (χ3n) is 3.06. The molecule has 0 aliphatic rings. The van der Waals surface area contributed by atoms with Crippen LogP contribution in [0.4, 0.5) is 0 Å². The second kappa shape index (κ2) is 5.48. The number of hydrogen-bond acceptors (Lipinski definition) is 3. The Morgan fingerprint density at radius 2 is 2.10 bits per heavy atom. The fraction of sp³-hybridized carbons (Fsp3) is 0.133. The van der Waals surface area contributed by atoms with Crippen molar-refractivity contribution in [2.24, 2.45) is 5.73 Å². The summed E-state index contributed by atoms with van der Waals surface area (Å²) in [6, 6.07) is 11.9. The molecule has 0 fully saturated rings. The summed E-state index contributed by atoms with van der Waals surface area (Å²) in [5.41, 5.74) is 10.0. The van der Waals surface area contributed by atoms with Crippen LogP contribution in [0.5, 0.6) is 0 Å². The highest BCUT2D eigenvalue weighted by Gasteiger charge is 2.08. The number of fused-ring (bicyclic) bond motifs is 1. The van der Waals surface area contributed by atoms with Crippen LogP contribution in [0.3, 0.4) is 0 Å². The number of nitrogens with zero attached hydrogens (tertiary/aromatic N) is 1. The van der Waals surface area contributed by atoms with Gasteiger partial charge in [-0.3, -0.25) is 0 Å². The molecule has 1 aromatic heterocycles. The topological polar surface area (TPSA) is 54.7 Å². The number of halogens is 1. The zero-order chi connectivity index (χ0) is 14.1. The predicted octanol–water partition coefficient (Wildman–Crippen LogP) is 4.13. The van der Waals surface area contributed by atoms with E-state index >= 15 is 0 Å². The summed E-state index contributed by atoms with van der Waals surface area (Å²) in [5.74, 6) is 0. The van der Waals surface area contributed by atoms with Crippen molar-refractivity contribution < 1.29 is 0 Å². The van der Waals surface area contributed by atoms with Crippen molar-refractivity contribution in [1.29, 1.82) is 0 Å². The molecule has 0 atom stereocenters. The van der Waals surface area contributed by atoms with Crippen LogP contribution in [-0.2, 0) is 6.54 Å². The molecular formula is C15H14ClN3S. The Hall–Kier alpha value is -1.49. The molecule has 2 aromatic carbocycles. The second-order valence-electron chi connectivity index (χ2n) is 4.62. The van der Waals surface area contributed by atoms with Gasteiger partial charge in [-0.05, 0) is 48.4 Å². The van der Waals surface area contributed by atoms with E-state index in [2.05, 4.69) is 29.0 Å². The lowest BCUT2D eigenvalue weighted by atomic mass is 10.2. The van der Waals surface area contributed by atoms with Gasteiger partial charge in [0, 0.05) is 16.5 Å². The minimum atomic E-state index is 0.461. The van der Waals surface area contributed by atoms with Crippen LogP contribution in [0, 0.1) is 6.92 Å². The lowest BCUT2D eigenvalue weighted by molar-refractivity contribution is 1.02. The van der Waals surface area contributed by atoms with Gasteiger partial charge in [0.1, 0.15) is 0 Å². The highest BCUT2D eigenvalue weighted by atomic mass is 35.5. The molecule has 3 rings (SSSR count). The van der Waals surface area contributed by atoms with Crippen molar-refractivity contribution in [3.8, 4) is 0 Å². The average molecular weight is 304 g/mol. The average Bonchev–Trinajstić information content (AvgIpc) is 2.82. The number of imidazole rings is 1. The molecule has 0 saturated heterocycles. The fourth-order valence-electron chi connectivity index (χ4n) is 2.06. The number of hydrogen-bond donors (Lipinski definition) is 2. The molecule has 102 valence electrons. The molecule has 0 spiro atoms. The summed E-state index contributed by atoms with van der Waals surface area (Å²) in [6.45, 7) is 2.53. The number of nitrogens with two attached hydrogens (primary N) is 1. The Morgan fingerprint density at radius 1 is 1.25 bits per heavy atom. The lowest BCUT2D eigenvalue weighted by Gasteiger charge is -2.05. The molecule has 0 amide bonds. The van der Waals surface area contributed by atoms with Crippen LogP contribution in [0.25, 0.3) is 11.0 Å². The van der Waals surface area contributed by atoms with Gasteiger partial charge in [0.15, 0.2) is 5.16 Å². The van der Waals surface area contributed by atoms with Crippen LogP contribution in [0.1, 0.15) is 11.1 Å². The summed E-state index contributed by atoms with van der Waals surface area (Å²) in [4.78, 5) is 8.99. The Morgan fingerprint density at radius 3 is 2.90 bits per heavy atom. The Kier molecular flexibility index (Phi) is 3.70. The summed E-state index contributed by atoms with van der Waals surface area (Å²) < 4.78 is 0. The summed E-state index contributed by atoms with van der Waals surface area (Å²) in [7, 11) is 0. The van der Waals surface area contributed by atoms with E-state index in [4.69, 9.17) is 17.3 Å². The molecule has 20 heavy (non-hydrogen) atoms. The molecule has 0 bridgehead atoms. The first kappa shape index (κ1) is 13.5. The largest absolute Gasteiger partial charge is 0.333 e. The van der Waals surface area contributed by atoms with Gasteiger partial charge in [-0.2, -0.15) is 0 Å². The third-order valence-corrected chi connectivity index (χ3v) is 4.30. The number of aromatic amines is 1. The van der Waals surface area contributed by atoms with Crippen molar-refractivity contribution in [1.82, 2.24) is 9.97 Å². The molecule has 0 unspecified atom stereocenters. The number of H-pyrrole nitrogens is 1. The van der Waals surface area contributed by atoms with Gasteiger partial charge in [-0.1, -0.05) is 29.4 Å². The molecule has 0 radical (unpaired) electrons. The van der Waals surface area contributed by atoms with Gasteiger partial charge < -0.3 is 10.7 Å². The van der Waals surface area contributed by atoms with Crippen molar-refractivity contribution >= 4 is 34.4 Å². The molecule has 0 aliphatic heterocycles. The normalized spacial score (nSPS) is 11.2. The molecule has 0 saturated carbocycles. The van der Waals surface area contributed by atoms with Crippen LogP contribution in [-0.4, -0.2) is 9.97 Å². The first-order valence-electron chi connectivity index (χ1n) is 6.28. The summed E-state index contributed by atoms with van der Waals surface area (Å²) in [5, 5.41) is 1.57. The molecule has 3 N–H and O–H groups in total. The highest BCUT2D eigenvalue weighted by Crippen LogP contribution is 2.31. The van der Waals surface area contributed by atoms with Crippen molar-refractivity contribution in [3.05, 3.63) is 52.5 Å². The number of benzene rings is 2. The van der Waals surface area contributed by atoms with Gasteiger partial charge >= 0.3 is 0 Å². The first-order chi connectivity index (χ1) is 9.65. The lowest BCUT2D eigenvalue weighted by Crippen LogP contribution is -1.98. The Labute approximate surface area is 126 Å². The summed E-state index contributed by atoms with van der Waals surface area (Å²) in [6.07, 6.45) is 0. The highest BCUT2D eigenvalue weighted by molar-refractivity contribution is 7.99. The van der Waals surface area contributed by atoms with Gasteiger partial charge in [0.05, 0.1) is 11.0 Å². The zero-order valence-corrected chi connectivity index (χ0v) is 12.6. The third kappa shape index (κ3) is 2.68. The van der Waals surface area contributed by atoms with E-state index in [1.54, 1.807) is 11.8 Å². The zero-order valence-electron chi connectivity index (χ0n) is 11.0. The van der Waals surface area contributed by atoms with E-state index < -0.39 is 0 Å². The molecule has 3 nitrogen and oxygen atoms in total. The smallest absolute Gasteiger partial charge is 0.171 e. The number of nitrogens with one attached hydrogen (secondary N) is 1. The van der Waals surface area contributed by atoms with Crippen LogP contribution in [0.2, 0.25) is 5.02 Å². The van der Waals surface area contributed by atoms with Gasteiger partial charge in [-0.25, -0.2) is 4.98 Å². The standard InChI is InChI=1S/C15H14ClN3S/c1-9-2-4-12-13(6-9)19-15(18-12)20-14-5-3-11(16)7-10(14)8-17/h2-7H,8,17H2,1H3,(H,18,19). The van der Waals surface area contributed by atoms with Crippen LogP contribution in [0.15, 0.2) is 46.5 Å². The Bertz CT molecular complexity index is 767. The van der Waals surface area contributed by atoms with E-state index in [1.807, 2.05) is 24.3 Å². The van der Waals surface area contributed by atoms with E-state index in [1.165, 1.54) is 5.56 Å². The Balaban J connectivity index is 1.96. The molecular weight excluding hydrogens is 290 g/mol. The van der Waals surface area contributed by atoms with Crippen molar-refractivity contribution in [3.63, 3.8) is 0 Å². The van der Waals surface area contributed by atoms with Gasteiger partial charge in [0.2, 0.25) is 0 Å². The monoisotopic (exact) mass is 303 g/mol. The number of aromatic nitrogens is 2. The number of rotatable bonds is 3. The first-order valence-corrected chi connectivity index (χ1v) is 7.48. The number of aryl methyl sites for hydroxylation is 1. The van der Waals surface area contributed by atoms with Crippen molar-refractivity contribution in [2.75, 3.05) is 0 Å². The van der Waals surface area contributed by atoms with E-state index in [-0.39, 0.29) is 0 Å². The van der Waals surface area contributed by atoms with E-state index in [0.717, 1.165) is 26.6 Å². The minimum absolute atomic E-state index is 0.461. The van der Waals surface area contributed by atoms with E-state index in [9.17, 15) is 0 Å². The van der Waals surface area contributed by atoms with Gasteiger partial charge in [-0.15, -0.1) is 0 Å². The predicted molar refractivity (Wildman–Crippen MR) is 84.3 cm³/mol. The van der Waals surface area contributed by atoms with E-state index in [0.29, 0.717) is 11.6 Å². The maximum absolute atomic E-state index is 5.99. The van der Waals surface area contributed by atoms with Crippen LogP contribution >= 0.6 is 23.4 Å². The second-order valence-corrected chi connectivity index (χ2v) is 6.09. The van der Waals surface area contributed by atoms with Crippen LogP contribution < -0.4 is 5.73 Å². The summed E-state index contributed by atoms with van der Waals surface area (Å²) >= 11 is 7.57. The molecule has 1 heterocycles.